The van der Waals surface area contributed by atoms with E-state index >= 15 is 0 Å². The monoisotopic (exact) mass is 247 g/mol. The van der Waals surface area contributed by atoms with Crippen molar-refractivity contribution in [2.45, 2.75) is 46.1 Å². The summed E-state index contributed by atoms with van der Waals surface area (Å²) in [5, 5.41) is 13.8. The second-order valence-corrected chi connectivity index (χ2v) is 5.74. The number of nitrogens with one attached hydrogen (secondary N) is 1. The van der Waals surface area contributed by atoms with Crippen molar-refractivity contribution in [3.05, 3.63) is 34.4 Å². The Hall–Kier alpha value is -0.860. The highest BCUT2D eigenvalue weighted by Gasteiger charge is 2.22. The van der Waals surface area contributed by atoms with Gasteiger partial charge in [0.15, 0.2) is 0 Å². The molecule has 1 heterocycles. The van der Waals surface area contributed by atoms with Crippen LogP contribution >= 0.6 is 0 Å². The fourth-order valence-electron chi connectivity index (χ4n) is 3.14. The van der Waals surface area contributed by atoms with Gasteiger partial charge in [-0.3, -0.25) is 0 Å². The Morgan fingerprint density at radius 1 is 1.17 bits per heavy atom. The summed E-state index contributed by atoms with van der Waals surface area (Å²) in [6.07, 6.45) is 2.82. The van der Waals surface area contributed by atoms with Crippen LogP contribution in [0.5, 0.6) is 0 Å². The maximum atomic E-state index is 10.4. The molecule has 2 rings (SSSR count). The fraction of sp³-hybridized carbons (Fsp3) is 0.625. The van der Waals surface area contributed by atoms with Crippen LogP contribution in [0.2, 0.25) is 0 Å². The smallest absolute Gasteiger partial charge is 0.0609 e. The van der Waals surface area contributed by atoms with Crippen LogP contribution in [0.4, 0.5) is 0 Å². The summed E-state index contributed by atoms with van der Waals surface area (Å²) in [5.41, 5.74) is 5.29. The molecular formula is C16H25NO. The quantitative estimate of drug-likeness (QED) is 0.860. The van der Waals surface area contributed by atoms with E-state index in [1.54, 1.807) is 0 Å². The molecule has 0 radical (unpaired) electrons. The van der Waals surface area contributed by atoms with E-state index < -0.39 is 0 Å². The predicted octanol–water partition coefficient (Wildman–Crippen LogP) is 2.51. The molecule has 1 aliphatic heterocycles. The summed E-state index contributed by atoms with van der Waals surface area (Å²) < 4.78 is 0. The summed E-state index contributed by atoms with van der Waals surface area (Å²) in [6.45, 7) is 8.54. The van der Waals surface area contributed by atoms with Crippen molar-refractivity contribution < 1.29 is 5.11 Å². The molecular weight excluding hydrogens is 222 g/mol. The van der Waals surface area contributed by atoms with Crippen molar-refractivity contribution in [2.24, 2.45) is 5.92 Å². The lowest BCUT2D eigenvalue weighted by atomic mass is 9.86. The summed E-state index contributed by atoms with van der Waals surface area (Å²) in [5.74, 6) is 0.464. The lowest BCUT2D eigenvalue weighted by Gasteiger charge is -2.28. The molecule has 0 aliphatic carbocycles. The molecule has 2 N–H and O–H groups in total. The molecule has 1 aromatic rings. The third-order valence-electron chi connectivity index (χ3n) is 4.18. The molecule has 1 unspecified atom stereocenters. The summed E-state index contributed by atoms with van der Waals surface area (Å²) in [4.78, 5) is 0. The van der Waals surface area contributed by atoms with Crippen LogP contribution < -0.4 is 5.32 Å². The molecule has 0 bridgehead atoms. The zero-order valence-corrected chi connectivity index (χ0v) is 11.8. The SMILES string of the molecule is Cc1cc(C)c(CC(O)C2CCNCC2)c(C)c1. The first-order valence-electron chi connectivity index (χ1n) is 7.03. The van der Waals surface area contributed by atoms with E-state index in [1.807, 2.05) is 0 Å². The van der Waals surface area contributed by atoms with Crippen molar-refractivity contribution in [2.75, 3.05) is 13.1 Å². The molecule has 1 aromatic carbocycles. The Morgan fingerprint density at radius 2 is 1.72 bits per heavy atom. The Morgan fingerprint density at radius 3 is 2.28 bits per heavy atom. The number of aliphatic hydroxyl groups is 1. The van der Waals surface area contributed by atoms with Gasteiger partial charge < -0.3 is 10.4 Å². The summed E-state index contributed by atoms with van der Waals surface area (Å²) in [7, 11) is 0. The van der Waals surface area contributed by atoms with Gasteiger partial charge in [-0.2, -0.15) is 0 Å². The van der Waals surface area contributed by atoms with Gasteiger partial charge in [-0.25, -0.2) is 0 Å². The molecule has 0 aromatic heterocycles. The number of hydrogen-bond acceptors (Lipinski definition) is 2. The molecule has 2 heteroatoms. The van der Waals surface area contributed by atoms with Gasteiger partial charge in [0.2, 0.25) is 0 Å². The summed E-state index contributed by atoms with van der Waals surface area (Å²) in [6, 6.07) is 4.44. The first-order valence-corrected chi connectivity index (χ1v) is 7.03. The van der Waals surface area contributed by atoms with Crippen LogP contribution in [0.1, 0.15) is 35.1 Å². The van der Waals surface area contributed by atoms with Crippen molar-refractivity contribution in [1.29, 1.82) is 0 Å². The number of aryl methyl sites for hydroxylation is 3. The maximum Gasteiger partial charge on any atom is 0.0609 e. The number of benzene rings is 1. The van der Waals surface area contributed by atoms with E-state index in [1.165, 1.54) is 22.3 Å². The van der Waals surface area contributed by atoms with Crippen LogP contribution in [-0.4, -0.2) is 24.3 Å². The Kier molecular flexibility index (Phi) is 4.41. The number of aliphatic hydroxyl groups excluding tert-OH is 1. The topological polar surface area (TPSA) is 32.3 Å². The minimum atomic E-state index is -0.188. The predicted molar refractivity (Wildman–Crippen MR) is 76.0 cm³/mol. The highest BCUT2D eigenvalue weighted by Crippen LogP contribution is 2.23. The average molecular weight is 247 g/mol. The highest BCUT2D eigenvalue weighted by atomic mass is 16.3. The van der Waals surface area contributed by atoms with Crippen molar-refractivity contribution in [3.8, 4) is 0 Å². The van der Waals surface area contributed by atoms with Gasteiger partial charge >= 0.3 is 0 Å². The third-order valence-corrected chi connectivity index (χ3v) is 4.18. The van der Waals surface area contributed by atoms with Crippen LogP contribution in [0.25, 0.3) is 0 Å². The highest BCUT2D eigenvalue weighted by molar-refractivity contribution is 5.37. The average Bonchev–Trinajstić information content (AvgIpc) is 2.34. The molecule has 18 heavy (non-hydrogen) atoms. The van der Waals surface area contributed by atoms with Crippen LogP contribution in [0.3, 0.4) is 0 Å². The second kappa shape index (κ2) is 5.85. The van der Waals surface area contributed by atoms with Crippen LogP contribution in [0.15, 0.2) is 12.1 Å². The third kappa shape index (κ3) is 3.12. The number of hydrogen-bond donors (Lipinski definition) is 2. The van der Waals surface area contributed by atoms with E-state index in [2.05, 4.69) is 38.2 Å². The standard InChI is InChI=1S/C16H25NO/c1-11-8-12(2)15(13(3)9-11)10-16(18)14-4-6-17-7-5-14/h8-9,14,16-18H,4-7,10H2,1-3H3. The largest absolute Gasteiger partial charge is 0.392 e. The Labute approximate surface area is 110 Å². The van der Waals surface area contributed by atoms with Gasteiger partial charge in [0.1, 0.15) is 0 Å². The van der Waals surface area contributed by atoms with Crippen LogP contribution in [0, 0.1) is 26.7 Å². The van der Waals surface area contributed by atoms with Gasteiger partial charge in [-0.1, -0.05) is 17.7 Å². The molecule has 1 aliphatic rings. The summed E-state index contributed by atoms with van der Waals surface area (Å²) >= 11 is 0. The van der Waals surface area contributed by atoms with E-state index in [4.69, 9.17) is 0 Å². The van der Waals surface area contributed by atoms with Gasteiger partial charge in [-0.15, -0.1) is 0 Å². The molecule has 100 valence electrons. The fourth-order valence-corrected chi connectivity index (χ4v) is 3.14. The van der Waals surface area contributed by atoms with Gasteiger partial charge in [0.25, 0.3) is 0 Å². The molecule has 1 saturated heterocycles. The molecule has 0 spiro atoms. The minimum Gasteiger partial charge on any atom is -0.392 e. The molecule has 1 atom stereocenters. The Balaban J connectivity index is 2.08. The second-order valence-electron chi connectivity index (χ2n) is 5.74. The van der Waals surface area contributed by atoms with Crippen LogP contribution in [-0.2, 0) is 6.42 Å². The molecule has 1 fully saturated rings. The molecule has 2 nitrogen and oxygen atoms in total. The van der Waals surface area contributed by atoms with Crippen molar-refractivity contribution >= 4 is 0 Å². The van der Waals surface area contributed by atoms with Gasteiger partial charge in [0.05, 0.1) is 6.10 Å². The van der Waals surface area contributed by atoms with Gasteiger partial charge in [0, 0.05) is 0 Å². The lowest BCUT2D eigenvalue weighted by Crippen LogP contribution is -2.35. The van der Waals surface area contributed by atoms with Crippen molar-refractivity contribution in [1.82, 2.24) is 5.32 Å². The zero-order chi connectivity index (χ0) is 13.1. The zero-order valence-electron chi connectivity index (χ0n) is 11.8. The maximum absolute atomic E-state index is 10.4. The first kappa shape index (κ1) is 13.6. The van der Waals surface area contributed by atoms with E-state index in [0.29, 0.717) is 5.92 Å². The first-order chi connectivity index (χ1) is 8.58. The van der Waals surface area contributed by atoms with Crippen molar-refractivity contribution in [3.63, 3.8) is 0 Å². The van der Waals surface area contributed by atoms with Gasteiger partial charge in [-0.05, 0) is 75.7 Å². The molecule has 0 saturated carbocycles. The number of rotatable bonds is 3. The lowest BCUT2D eigenvalue weighted by molar-refractivity contribution is 0.0888. The van der Waals surface area contributed by atoms with E-state index in [0.717, 1.165) is 32.4 Å². The Bertz CT molecular complexity index is 385. The normalized spacial score (nSPS) is 18.9. The minimum absolute atomic E-state index is 0.188. The molecule has 0 amide bonds. The number of piperidine rings is 1. The van der Waals surface area contributed by atoms with E-state index in [-0.39, 0.29) is 6.10 Å². The van der Waals surface area contributed by atoms with E-state index in [9.17, 15) is 5.11 Å².